The van der Waals surface area contributed by atoms with Crippen LogP contribution in [-0.2, 0) is 29.2 Å². The SMILES string of the molecule is C=C(C)C(=O)OCCOCCOc1c(Cl)cc(C(C)(C)c2cc(Br)c(OCCOC(=O)C(=C)C)c(Br)c2)cc1Cl. The van der Waals surface area contributed by atoms with Crippen molar-refractivity contribution in [1.82, 2.24) is 0 Å². The van der Waals surface area contributed by atoms with Gasteiger partial charge in [-0.05, 0) is 81.1 Å². The second kappa shape index (κ2) is 15.8. The van der Waals surface area contributed by atoms with Gasteiger partial charge in [-0.3, -0.25) is 0 Å². The van der Waals surface area contributed by atoms with Crippen molar-refractivity contribution in [2.75, 3.05) is 39.6 Å². The fraction of sp³-hybridized carbons (Fsp3) is 0.379. The van der Waals surface area contributed by atoms with Crippen molar-refractivity contribution in [1.29, 1.82) is 0 Å². The van der Waals surface area contributed by atoms with E-state index in [0.29, 0.717) is 32.7 Å². The third-order valence-electron chi connectivity index (χ3n) is 5.63. The molecule has 0 aliphatic heterocycles. The highest BCUT2D eigenvalue weighted by Gasteiger charge is 2.27. The van der Waals surface area contributed by atoms with Crippen LogP contribution in [0, 0.1) is 0 Å². The molecule has 0 N–H and O–H groups in total. The van der Waals surface area contributed by atoms with E-state index in [1.165, 1.54) is 0 Å². The van der Waals surface area contributed by atoms with Crippen LogP contribution in [0.15, 0.2) is 57.5 Å². The molecule has 0 unspecified atom stereocenters. The summed E-state index contributed by atoms with van der Waals surface area (Å²) in [6.45, 7) is 15.5. The summed E-state index contributed by atoms with van der Waals surface area (Å²) in [5.41, 5.74) is 2.02. The van der Waals surface area contributed by atoms with Crippen molar-refractivity contribution in [2.24, 2.45) is 0 Å². The van der Waals surface area contributed by atoms with Gasteiger partial charge in [0.05, 0.1) is 32.2 Å². The van der Waals surface area contributed by atoms with E-state index < -0.39 is 17.4 Å². The van der Waals surface area contributed by atoms with Crippen molar-refractivity contribution in [3.8, 4) is 11.5 Å². The first kappa shape index (κ1) is 34.2. The molecule has 0 saturated heterocycles. The third kappa shape index (κ3) is 9.80. The molecule has 40 heavy (non-hydrogen) atoms. The number of esters is 2. The number of halogens is 4. The minimum Gasteiger partial charge on any atom is -0.488 e. The Hall–Kier alpha value is -2.04. The Balaban J connectivity index is 2.02. The molecule has 218 valence electrons. The van der Waals surface area contributed by atoms with Gasteiger partial charge >= 0.3 is 11.9 Å². The molecule has 0 aliphatic carbocycles. The minimum atomic E-state index is -0.489. The largest absolute Gasteiger partial charge is 0.488 e. The lowest BCUT2D eigenvalue weighted by molar-refractivity contribution is -0.141. The summed E-state index contributed by atoms with van der Waals surface area (Å²) in [6, 6.07) is 7.56. The summed E-state index contributed by atoms with van der Waals surface area (Å²) in [5.74, 6) is 0.0320. The zero-order valence-electron chi connectivity index (χ0n) is 22.8. The molecule has 0 bridgehead atoms. The number of hydrogen-bond acceptors (Lipinski definition) is 7. The van der Waals surface area contributed by atoms with Crippen LogP contribution in [0.1, 0.15) is 38.8 Å². The summed E-state index contributed by atoms with van der Waals surface area (Å²) >= 11 is 20.3. The third-order valence-corrected chi connectivity index (χ3v) is 7.37. The average Bonchev–Trinajstić information content (AvgIpc) is 2.87. The molecule has 2 aromatic rings. The van der Waals surface area contributed by atoms with E-state index in [4.69, 9.17) is 46.9 Å². The van der Waals surface area contributed by atoms with E-state index in [9.17, 15) is 9.59 Å². The van der Waals surface area contributed by atoms with Crippen molar-refractivity contribution < 1.29 is 33.3 Å². The molecule has 0 fully saturated rings. The fourth-order valence-corrected chi connectivity index (χ4v) is 5.32. The van der Waals surface area contributed by atoms with Crippen LogP contribution in [0.2, 0.25) is 10.0 Å². The lowest BCUT2D eigenvalue weighted by Crippen LogP contribution is -2.20. The molecule has 0 radical (unpaired) electrons. The fourth-order valence-electron chi connectivity index (χ4n) is 3.31. The van der Waals surface area contributed by atoms with Gasteiger partial charge in [-0.15, -0.1) is 0 Å². The maximum atomic E-state index is 11.5. The summed E-state index contributed by atoms with van der Waals surface area (Å²) in [6.07, 6.45) is 0. The molecule has 0 amide bonds. The normalized spacial score (nSPS) is 11.1. The highest BCUT2D eigenvalue weighted by Crippen LogP contribution is 2.43. The smallest absolute Gasteiger partial charge is 0.333 e. The highest BCUT2D eigenvalue weighted by atomic mass is 79.9. The summed E-state index contributed by atoms with van der Waals surface area (Å²) < 4.78 is 28.5. The molecular formula is C29H32Br2Cl2O7. The van der Waals surface area contributed by atoms with Crippen LogP contribution in [-0.4, -0.2) is 51.6 Å². The highest BCUT2D eigenvalue weighted by molar-refractivity contribution is 9.11. The maximum absolute atomic E-state index is 11.5. The molecule has 11 heteroatoms. The molecule has 0 atom stereocenters. The number of carbonyl (C=O) groups excluding carboxylic acids is 2. The van der Waals surface area contributed by atoms with Gasteiger partial charge < -0.3 is 23.7 Å². The van der Waals surface area contributed by atoms with Crippen LogP contribution < -0.4 is 9.47 Å². The second-order valence-electron chi connectivity index (χ2n) is 9.30. The predicted octanol–water partition coefficient (Wildman–Crippen LogP) is 7.86. The number of hydrogen-bond donors (Lipinski definition) is 0. The van der Waals surface area contributed by atoms with Gasteiger partial charge in [-0.2, -0.15) is 0 Å². The quantitative estimate of drug-likeness (QED) is 0.105. The monoisotopic (exact) mass is 720 g/mol. The first-order chi connectivity index (χ1) is 18.7. The lowest BCUT2D eigenvalue weighted by Gasteiger charge is -2.28. The van der Waals surface area contributed by atoms with E-state index >= 15 is 0 Å². The zero-order chi connectivity index (χ0) is 30.0. The van der Waals surface area contributed by atoms with Crippen LogP contribution >= 0.6 is 55.1 Å². The van der Waals surface area contributed by atoms with Crippen molar-refractivity contribution in [3.05, 3.63) is 78.7 Å². The van der Waals surface area contributed by atoms with Crippen LogP contribution in [0.3, 0.4) is 0 Å². The molecular weight excluding hydrogens is 691 g/mol. The van der Waals surface area contributed by atoms with Gasteiger partial charge in [-0.25, -0.2) is 9.59 Å². The second-order valence-corrected chi connectivity index (χ2v) is 11.8. The van der Waals surface area contributed by atoms with Gasteiger partial charge in [0.15, 0.2) is 5.75 Å². The number of ether oxygens (including phenoxy) is 5. The first-order valence-corrected chi connectivity index (χ1v) is 14.6. The molecule has 7 nitrogen and oxygen atoms in total. The van der Waals surface area contributed by atoms with Crippen molar-refractivity contribution in [2.45, 2.75) is 33.1 Å². The molecule has 0 spiro atoms. The number of rotatable bonds is 15. The molecule has 0 aromatic heterocycles. The van der Waals surface area contributed by atoms with Gasteiger partial charge in [0, 0.05) is 16.6 Å². The average molecular weight is 723 g/mol. The first-order valence-electron chi connectivity index (χ1n) is 12.2. The Bertz CT molecular complexity index is 1210. The number of benzene rings is 2. The van der Waals surface area contributed by atoms with Crippen molar-refractivity contribution >= 4 is 67.0 Å². The van der Waals surface area contributed by atoms with Crippen LogP contribution in [0.5, 0.6) is 11.5 Å². The molecule has 0 aliphatic rings. The molecule has 0 heterocycles. The van der Waals surface area contributed by atoms with Crippen molar-refractivity contribution in [3.63, 3.8) is 0 Å². The zero-order valence-corrected chi connectivity index (χ0v) is 27.5. The van der Waals surface area contributed by atoms with Gasteiger partial charge in [0.25, 0.3) is 0 Å². The van der Waals surface area contributed by atoms with E-state index in [-0.39, 0.29) is 39.6 Å². The Kier molecular flexibility index (Phi) is 13.5. The predicted molar refractivity (Wildman–Crippen MR) is 164 cm³/mol. The topological polar surface area (TPSA) is 80.3 Å². The molecule has 2 aromatic carbocycles. The summed E-state index contributed by atoms with van der Waals surface area (Å²) in [4.78, 5) is 22.9. The van der Waals surface area contributed by atoms with E-state index in [0.717, 1.165) is 20.1 Å². The standard InChI is InChI=1S/C29H32Br2Cl2O7/c1-17(2)27(34)39-10-8-36-7-9-38-26-23(32)15-20(16-24(26)33)29(5,6)19-13-21(30)25(22(31)14-19)37-11-12-40-28(35)18(3)4/h13-16H,1,3,7-12H2,2,4-6H3. The Morgan fingerprint density at radius 2 is 1.12 bits per heavy atom. The maximum Gasteiger partial charge on any atom is 0.333 e. The van der Waals surface area contributed by atoms with Gasteiger partial charge in [-0.1, -0.05) is 50.2 Å². The summed E-state index contributed by atoms with van der Waals surface area (Å²) in [7, 11) is 0. The molecule has 0 saturated carbocycles. The van der Waals surface area contributed by atoms with Gasteiger partial charge in [0.1, 0.15) is 32.2 Å². The van der Waals surface area contributed by atoms with Gasteiger partial charge in [0.2, 0.25) is 0 Å². The minimum absolute atomic E-state index is 0.0975. The van der Waals surface area contributed by atoms with Crippen LogP contribution in [0.25, 0.3) is 0 Å². The summed E-state index contributed by atoms with van der Waals surface area (Å²) in [5, 5.41) is 0.738. The lowest BCUT2D eigenvalue weighted by atomic mass is 9.78. The van der Waals surface area contributed by atoms with E-state index in [1.54, 1.807) is 13.8 Å². The Morgan fingerprint density at radius 1 is 0.725 bits per heavy atom. The molecule has 2 rings (SSSR count). The van der Waals surface area contributed by atoms with E-state index in [1.807, 2.05) is 24.3 Å². The number of carbonyl (C=O) groups is 2. The Labute approximate surface area is 262 Å². The Morgan fingerprint density at radius 3 is 1.62 bits per heavy atom. The van der Waals surface area contributed by atoms with Crippen LogP contribution in [0.4, 0.5) is 0 Å². The van der Waals surface area contributed by atoms with E-state index in [2.05, 4.69) is 58.9 Å².